The summed E-state index contributed by atoms with van der Waals surface area (Å²) in [4.78, 5) is 10.9. The Kier molecular flexibility index (Phi) is 1.48. The van der Waals surface area contributed by atoms with Crippen LogP contribution in [0.1, 0.15) is 0 Å². The number of rotatable bonds is 0. The summed E-state index contributed by atoms with van der Waals surface area (Å²) in [5.74, 6) is -0.112. The fourth-order valence-electron chi connectivity index (χ4n) is 1.19. The Morgan fingerprint density at radius 3 is 2.92 bits per heavy atom. The van der Waals surface area contributed by atoms with Crippen LogP contribution in [-0.4, -0.2) is 5.11 Å². The molecule has 0 spiro atoms. The molecular formula is C9H7NO3. The number of benzene rings is 1. The van der Waals surface area contributed by atoms with Crippen LogP contribution in [0.3, 0.4) is 0 Å². The summed E-state index contributed by atoms with van der Waals surface area (Å²) in [7, 11) is 0. The van der Waals surface area contributed by atoms with Crippen molar-refractivity contribution >= 4 is 16.7 Å². The third-order valence-electron chi connectivity index (χ3n) is 1.78. The number of anilines is 1. The second kappa shape index (κ2) is 2.52. The Balaban J connectivity index is 3.03. The Morgan fingerprint density at radius 2 is 2.15 bits per heavy atom. The van der Waals surface area contributed by atoms with Crippen LogP contribution in [0.15, 0.2) is 33.5 Å². The van der Waals surface area contributed by atoms with Gasteiger partial charge in [0.2, 0.25) is 0 Å². The molecule has 3 N–H and O–H groups in total. The summed E-state index contributed by atoms with van der Waals surface area (Å²) in [5, 5.41) is 9.80. The van der Waals surface area contributed by atoms with Crippen LogP contribution in [0.2, 0.25) is 0 Å². The fourth-order valence-corrected chi connectivity index (χ4v) is 1.19. The molecule has 66 valence electrons. The average molecular weight is 177 g/mol. The number of nitrogens with two attached hydrogens (primary N) is 1. The van der Waals surface area contributed by atoms with Gasteiger partial charge in [0.05, 0.1) is 17.1 Å². The molecule has 1 heterocycles. The van der Waals surface area contributed by atoms with Gasteiger partial charge in [-0.3, -0.25) is 0 Å². The molecule has 0 saturated heterocycles. The first-order chi connectivity index (χ1) is 6.18. The van der Waals surface area contributed by atoms with Crippen molar-refractivity contribution in [3.8, 4) is 5.75 Å². The monoisotopic (exact) mass is 177 g/mol. The smallest absolute Gasteiger partial charge is 0.340 e. The molecule has 2 aromatic rings. The molecule has 0 radical (unpaired) electrons. The van der Waals surface area contributed by atoms with E-state index in [4.69, 9.17) is 10.2 Å². The molecular weight excluding hydrogens is 170 g/mol. The van der Waals surface area contributed by atoms with E-state index < -0.39 is 5.63 Å². The highest BCUT2D eigenvalue weighted by Gasteiger charge is 2.05. The molecule has 1 aromatic carbocycles. The number of hydrogen-bond donors (Lipinski definition) is 2. The summed E-state index contributed by atoms with van der Waals surface area (Å²) >= 11 is 0. The Labute approximate surface area is 73.2 Å². The summed E-state index contributed by atoms with van der Waals surface area (Å²) < 4.78 is 4.83. The van der Waals surface area contributed by atoms with Crippen molar-refractivity contribution in [1.29, 1.82) is 0 Å². The zero-order valence-electron chi connectivity index (χ0n) is 6.65. The van der Waals surface area contributed by atoms with Gasteiger partial charge in [0.15, 0.2) is 5.58 Å². The highest BCUT2D eigenvalue weighted by Crippen LogP contribution is 2.25. The van der Waals surface area contributed by atoms with Gasteiger partial charge in [-0.05, 0) is 12.1 Å². The number of fused-ring (bicyclic) bond motifs is 1. The highest BCUT2D eigenvalue weighted by molar-refractivity contribution is 5.91. The lowest BCUT2D eigenvalue weighted by Crippen LogP contribution is -1.97. The van der Waals surface area contributed by atoms with E-state index in [9.17, 15) is 9.90 Å². The van der Waals surface area contributed by atoms with Gasteiger partial charge in [0.1, 0.15) is 5.75 Å². The third-order valence-corrected chi connectivity index (χ3v) is 1.78. The Morgan fingerprint density at radius 1 is 1.38 bits per heavy atom. The number of para-hydroxylation sites is 1. The van der Waals surface area contributed by atoms with Crippen LogP contribution in [0.25, 0.3) is 11.0 Å². The standard InChI is InChI=1S/C9H7NO3/c10-6-3-1-2-5-7(11)4-8(12)13-9(5)6/h1-4,11H,10H2. The average Bonchev–Trinajstić information content (AvgIpc) is 2.07. The molecule has 0 bridgehead atoms. The van der Waals surface area contributed by atoms with E-state index in [1.807, 2.05) is 0 Å². The van der Waals surface area contributed by atoms with Crippen LogP contribution < -0.4 is 11.4 Å². The zero-order valence-corrected chi connectivity index (χ0v) is 6.65. The number of aromatic hydroxyl groups is 1. The quantitative estimate of drug-likeness (QED) is 0.466. The molecule has 13 heavy (non-hydrogen) atoms. The summed E-state index contributed by atoms with van der Waals surface area (Å²) in [6, 6.07) is 5.92. The van der Waals surface area contributed by atoms with Gasteiger partial charge in [0, 0.05) is 0 Å². The zero-order chi connectivity index (χ0) is 9.42. The molecule has 0 aliphatic rings. The maximum atomic E-state index is 10.9. The van der Waals surface area contributed by atoms with Crippen LogP contribution >= 0.6 is 0 Å². The van der Waals surface area contributed by atoms with Crippen LogP contribution in [0.4, 0.5) is 5.69 Å². The molecule has 0 unspecified atom stereocenters. The van der Waals surface area contributed by atoms with E-state index in [0.29, 0.717) is 11.1 Å². The lowest BCUT2D eigenvalue weighted by molar-refractivity contribution is 0.468. The summed E-state index contributed by atoms with van der Waals surface area (Å²) in [6.07, 6.45) is 0. The third kappa shape index (κ3) is 1.12. The van der Waals surface area contributed by atoms with Gasteiger partial charge in [-0.1, -0.05) is 6.07 Å². The SMILES string of the molecule is Nc1cccc2c(O)cc(=O)oc12. The van der Waals surface area contributed by atoms with E-state index in [2.05, 4.69) is 0 Å². The molecule has 2 rings (SSSR count). The minimum atomic E-state index is -0.608. The Bertz CT molecular complexity index is 516. The summed E-state index contributed by atoms with van der Waals surface area (Å²) in [6.45, 7) is 0. The highest BCUT2D eigenvalue weighted by atomic mass is 16.4. The minimum Gasteiger partial charge on any atom is -0.507 e. The minimum absolute atomic E-state index is 0.112. The predicted octanol–water partition coefficient (Wildman–Crippen LogP) is 1.08. The predicted molar refractivity (Wildman–Crippen MR) is 48.6 cm³/mol. The van der Waals surface area contributed by atoms with E-state index >= 15 is 0 Å². The lowest BCUT2D eigenvalue weighted by atomic mass is 10.2. The summed E-state index contributed by atoms with van der Waals surface area (Å²) in [5.41, 5.74) is 5.51. The second-order valence-corrected chi connectivity index (χ2v) is 2.67. The maximum Gasteiger partial charge on any atom is 0.340 e. The van der Waals surface area contributed by atoms with E-state index in [1.165, 1.54) is 0 Å². The second-order valence-electron chi connectivity index (χ2n) is 2.67. The van der Waals surface area contributed by atoms with Crippen molar-refractivity contribution in [2.45, 2.75) is 0 Å². The normalized spacial score (nSPS) is 10.5. The van der Waals surface area contributed by atoms with Crippen LogP contribution in [0.5, 0.6) is 5.75 Å². The van der Waals surface area contributed by atoms with E-state index in [-0.39, 0.29) is 11.3 Å². The first-order valence-corrected chi connectivity index (χ1v) is 3.70. The van der Waals surface area contributed by atoms with Gasteiger partial charge < -0.3 is 15.3 Å². The van der Waals surface area contributed by atoms with E-state index in [0.717, 1.165) is 6.07 Å². The molecule has 4 heteroatoms. The van der Waals surface area contributed by atoms with Crippen molar-refractivity contribution in [3.63, 3.8) is 0 Å². The number of nitrogen functional groups attached to an aromatic ring is 1. The van der Waals surface area contributed by atoms with Crippen molar-refractivity contribution in [3.05, 3.63) is 34.7 Å². The molecule has 4 nitrogen and oxygen atoms in total. The van der Waals surface area contributed by atoms with Gasteiger partial charge in [-0.25, -0.2) is 4.79 Å². The largest absolute Gasteiger partial charge is 0.507 e. The molecule has 0 fully saturated rings. The van der Waals surface area contributed by atoms with Crippen molar-refractivity contribution < 1.29 is 9.52 Å². The van der Waals surface area contributed by atoms with Gasteiger partial charge >= 0.3 is 5.63 Å². The molecule has 1 aromatic heterocycles. The van der Waals surface area contributed by atoms with Gasteiger partial charge in [-0.2, -0.15) is 0 Å². The van der Waals surface area contributed by atoms with E-state index in [1.54, 1.807) is 18.2 Å². The molecule has 0 saturated carbocycles. The Hall–Kier alpha value is -1.97. The molecule has 0 aliphatic carbocycles. The first-order valence-electron chi connectivity index (χ1n) is 3.70. The molecule has 0 amide bonds. The fraction of sp³-hybridized carbons (Fsp3) is 0. The molecule has 0 atom stereocenters. The van der Waals surface area contributed by atoms with Crippen molar-refractivity contribution in [1.82, 2.24) is 0 Å². The van der Waals surface area contributed by atoms with Gasteiger partial charge in [0.25, 0.3) is 0 Å². The first kappa shape index (κ1) is 7.67. The van der Waals surface area contributed by atoms with Crippen LogP contribution in [0, 0.1) is 0 Å². The molecule has 0 aliphatic heterocycles. The van der Waals surface area contributed by atoms with Crippen molar-refractivity contribution in [2.75, 3.05) is 5.73 Å². The maximum absolute atomic E-state index is 10.9. The topological polar surface area (TPSA) is 76.5 Å². The lowest BCUT2D eigenvalue weighted by Gasteiger charge is -2.00. The number of hydrogen-bond acceptors (Lipinski definition) is 4. The van der Waals surface area contributed by atoms with Crippen LogP contribution in [-0.2, 0) is 0 Å². The van der Waals surface area contributed by atoms with Gasteiger partial charge in [-0.15, -0.1) is 0 Å². The van der Waals surface area contributed by atoms with Crippen molar-refractivity contribution in [2.24, 2.45) is 0 Å².